The van der Waals surface area contributed by atoms with E-state index in [0.29, 0.717) is 5.69 Å². The number of anilines is 1. The topological polar surface area (TPSA) is 86.6 Å². The number of phenolic OH excluding ortho intramolecular Hbond substituents is 1. The molecule has 1 aromatic rings. The molecule has 0 spiro atoms. The van der Waals surface area contributed by atoms with Gasteiger partial charge in [-0.05, 0) is 30.4 Å². The van der Waals surface area contributed by atoms with Gasteiger partial charge < -0.3 is 15.5 Å². The van der Waals surface area contributed by atoms with E-state index >= 15 is 0 Å². The molecule has 104 valence electrons. The summed E-state index contributed by atoms with van der Waals surface area (Å²) in [6.07, 6.45) is 4.58. The predicted octanol–water partition coefficient (Wildman–Crippen LogP) is 1.85. The number of nitrogens with one attached hydrogen (secondary N) is 1. The number of hydrogen-bond acceptors (Lipinski definition) is 3. The number of carboxylic acid groups (broad SMARTS) is 1. The summed E-state index contributed by atoms with van der Waals surface area (Å²) in [5.74, 6) is -2.38. The third-order valence-corrected chi connectivity index (χ3v) is 4.16. The van der Waals surface area contributed by atoms with Crippen molar-refractivity contribution < 1.29 is 19.8 Å². The van der Waals surface area contributed by atoms with Crippen LogP contribution in [0.5, 0.6) is 5.75 Å². The normalized spacial score (nSPS) is 30.4. The van der Waals surface area contributed by atoms with Crippen molar-refractivity contribution >= 4 is 17.6 Å². The summed E-state index contributed by atoms with van der Waals surface area (Å²) >= 11 is 0. The van der Waals surface area contributed by atoms with Crippen molar-refractivity contribution in [2.24, 2.45) is 23.7 Å². The van der Waals surface area contributed by atoms with Crippen LogP contribution in [0, 0.1) is 23.7 Å². The molecule has 1 amide bonds. The number of carbonyl (C=O) groups is 2. The number of phenols is 1. The largest absolute Gasteiger partial charge is 0.508 e. The quantitative estimate of drug-likeness (QED) is 0.733. The SMILES string of the molecule is O=C(O)[C@@H]1[C@H](C(=O)Nc2cccc(O)c2)[C@H]2C=C[C@@H]1C2. The first-order chi connectivity index (χ1) is 9.56. The summed E-state index contributed by atoms with van der Waals surface area (Å²) in [6.45, 7) is 0. The fourth-order valence-electron chi connectivity index (χ4n) is 3.33. The minimum absolute atomic E-state index is 0.00147. The molecule has 20 heavy (non-hydrogen) atoms. The van der Waals surface area contributed by atoms with E-state index in [1.807, 2.05) is 12.2 Å². The zero-order valence-electron chi connectivity index (χ0n) is 10.7. The van der Waals surface area contributed by atoms with Crippen LogP contribution in [0.3, 0.4) is 0 Å². The molecule has 2 aliphatic carbocycles. The van der Waals surface area contributed by atoms with Gasteiger partial charge in [0, 0.05) is 11.8 Å². The lowest BCUT2D eigenvalue weighted by molar-refractivity contribution is -0.146. The molecule has 1 aromatic carbocycles. The summed E-state index contributed by atoms with van der Waals surface area (Å²) in [5, 5.41) is 21.4. The van der Waals surface area contributed by atoms with Crippen molar-refractivity contribution in [1.82, 2.24) is 0 Å². The van der Waals surface area contributed by atoms with Crippen molar-refractivity contribution in [3.63, 3.8) is 0 Å². The van der Waals surface area contributed by atoms with Gasteiger partial charge >= 0.3 is 5.97 Å². The molecular weight excluding hydrogens is 258 g/mol. The highest BCUT2D eigenvalue weighted by molar-refractivity contribution is 5.96. The number of aliphatic carboxylic acids is 1. The van der Waals surface area contributed by atoms with Gasteiger partial charge in [-0.1, -0.05) is 18.2 Å². The number of benzene rings is 1. The summed E-state index contributed by atoms with van der Waals surface area (Å²) in [5.41, 5.74) is 0.478. The van der Waals surface area contributed by atoms with Gasteiger partial charge in [-0.15, -0.1) is 0 Å². The number of carboxylic acids is 1. The van der Waals surface area contributed by atoms with Gasteiger partial charge in [-0.25, -0.2) is 0 Å². The van der Waals surface area contributed by atoms with Crippen LogP contribution >= 0.6 is 0 Å². The number of amides is 1. The molecule has 1 saturated carbocycles. The third-order valence-electron chi connectivity index (χ3n) is 4.16. The van der Waals surface area contributed by atoms with Crippen LogP contribution in [0.25, 0.3) is 0 Å². The molecule has 0 aromatic heterocycles. The molecule has 0 saturated heterocycles. The molecular formula is C15H15NO4. The smallest absolute Gasteiger partial charge is 0.307 e. The maximum absolute atomic E-state index is 12.3. The van der Waals surface area contributed by atoms with E-state index in [0.717, 1.165) is 6.42 Å². The van der Waals surface area contributed by atoms with Crippen molar-refractivity contribution in [1.29, 1.82) is 0 Å². The number of fused-ring (bicyclic) bond motifs is 2. The first kappa shape index (κ1) is 12.7. The lowest BCUT2D eigenvalue weighted by Gasteiger charge is -2.23. The Morgan fingerprint density at radius 3 is 2.50 bits per heavy atom. The molecule has 0 heterocycles. The number of hydrogen-bond donors (Lipinski definition) is 3. The van der Waals surface area contributed by atoms with Crippen molar-refractivity contribution in [3.05, 3.63) is 36.4 Å². The zero-order chi connectivity index (χ0) is 14.3. The van der Waals surface area contributed by atoms with Crippen LogP contribution in [0.1, 0.15) is 6.42 Å². The first-order valence-electron chi connectivity index (χ1n) is 6.57. The van der Waals surface area contributed by atoms with Gasteiger partial charge in [0.2, 0.25) is 5.91 Å². The fraction of sp³-hybridized carbons (Fsp3) is 0.333. The molecule has 1 fully saturated rings. The lowest BCUT2D eigenvalue weighted by Crippen LogP contribution is -2.36. The van der Waals surface area contributed by atoms with Crippen LogP contribution in [-0.2, 0) is 9.59 Å². The molecule has 0 radical (unpaired) electrons. The van der Waals surface area contributed by atoms with E-state index in [1.165, 1.54) is 12.1 Å². The summed E-state index contributed by atoms with van der Waals surface area (Å²) < 4.78 is 0. The van der Waals surface area contributed by atoms with Crippen LogP contribution in [0.2, 0.25) is 0 Å². The van der Waals surface area contributed by atoms with E-state index in [4.69, 9.17) is 0 Å². The molecule has 3 rings (SSSR count). The van der Waals surface area contributed by atoms with E-state index < -0.39 is 17.8 Å². The monoisotopic (exact) mass is 273 g/mol. The van der Waals surface area contributed by atoms with Gasteiger partial charge in [0.05, 0.1) is 11.8 Å². The van der Waals surface area contributed by atoms with Crippen LogP contribution < -0.4 is 5.32 Å². The Balaban J connectivity index is 1.80. The maximum Gasteiger partial charge on any atom is 0.307 e. The molecule has 0 aliphatic heterocycles. The molecule has 3 N–H and O–H groups in total. The number of aromatic hydroxyl groups is 1. The van der Waals surface area contributed by atoms with Crippen LogP contribution in [0.4, 0.5) is 5.69 Å². The Morgan fingerprint density at radius 2 is 1.85 bits per heavy atom. The Hall–Kier alpha value is -2.30. The van der Waals surface area contributed by atoms with E-state index in [1.54, 1.807) is 12.1 Å². The second kappa shape index (κ2) is 4.67. The van der Waals surface area contributed by atoms with Crippen LogP contribution in [0.15, 0.2) is 36.4 Å². The van der Waals surface area contributed by atoms with Gasteiger partial charge in [-0.3, -0.25) is 9.59 Å². The highest BCUT2D eigenvalue weighted by Gasteiger charge is 2.51. The minimum Gasteiger partial charge on any atom is -0.508 e. The average molecular weight is 273 g/mol. The molecule has 2 bridgehead atoms. The lowest BCUT2D eigenvalue weighted by atomic mass is 9.82. The van der Waals surface area contributed by atoms with Gasteiger partial charge in [0.1, 0.15) is 5.75 Å². The van der Waals surface area contributed by atoms with E-state index in [2.05, 4.69) is 5.32 Å². The molecule has 5 heteroatoms. The molecule has 5 nitrogen and oxygen atoms in total. The third kappa shape index (κ3) is 2.05. The first-order valence-corrected chi connectivity index (χ1v) is 6.57. The average Bonchev–Trinajstić information content (AvgIpc) is 2.98. The molecule has 2 aliphatic rings. The van der Waals surface area contributed by atoms with Crippen molar-refractivity contribution in [2.45, 2.75) is 6.42 Å². The number of allylic oxidation sites excluding steroid dienone is 2. The standard InChI is InChI=1S/C15H15NO4/c17-11-3-1-2-10(7-11)16-14(18)12-8-4-5-9(6-8)13(12)15(19)20/h1-5,7-9,12-13,17H,6H2,(H,16,18)(H,19,20)/t8-,9+,12+,13-/m0/s1. The van der Waals surface area contributed by atoms with E-state index in [9.17, 15) is 19.8 Å². The molecule has 0 unspecified atom stereocenters. The second-order valence-electron chi connectivity index (χ2n) is 5.38. The van der Waals surface area contributed by atoms with Gasteiger partial charge in [0.15, 0.2) is 0 Å². The number of rotatable bonds is 3. The number of carbonyl (C=O) groups excluding carboxylic acids is 1. The maximum atomic E-state index is 12.3. The Labute approximate surface area is 115 Å². The zero-order valence-corrected chi connectivity index (χ0v) is 10.7. The van der Waals surface area contributed by atoms with Crippen molar-refractivity contribution in [3.8, 4) is 5.75 Å². The summed E-state index contributed by atoms with van der Waals surface area (Å²) in [6, 6.07) is 6.24. The van der Waals surface area contributed by atoms with Crippen LogP contribution in [-0.4, -0.2) is 22.1 Å². The predicted molar refractivity (Wildman–Crippen MR) is 72.1 cm³/mol. The highest BCUT2D eigenvalue weighted by atomic mass is 16.4. The van der Waals surface area contributed by atoms with E-state index in [-0.39, 0.29) is 23.5 Å². The van der Waals surface area contributed by atoms with Gasteiger partial charge in [-0.2, -0.15) is 0 Å². The molecule has 4 atom stereocenters. The Kier molecular flexibility index (Phi) is 2.97. The second-order valence-corrected chi connectivity index (χ2v) is 5.38. The summed E-state index contributed by atoms with van der Waals surface area (Å²) in [4.78, 5) is 23.7. The Morgan fingerprint density at radius 1 is 1.15 bits per heavy atom. The Bertz CT molecular complexity index is 595. The highest BCUT2D eigenvalue weighted by Crippen LogP contribution is 2.48. The van der Waals surface area contributed by atoms with Crippen molar-refractivity contribution in [2.75, 3.05) is 5.32 Å². The fourth-order valence-corrected chi connectivity index (χ4v) is 3.33. The summed E-state index contributed by atoms with van der Waals surface area (Å²) in [7, 11) is 0. The van der Waals surface area contributed by atoms with Gasteiger partial charge in [0.25, 0.3) is 0 Å². The minimum atomic E-state index is -0.919.